The van der Waals surface area contributed by atoms with Crippen LogP contribution in [-0.2, 0) is 21.4 Å². The van der Waals surface area contributed by atoms with Crippen molar-refractivity contribution in [1.29, 1.82) is 0 Å². The van der Waals surface area contributed by atoms with E-state index in [-0.39, 0.29) is 16.7 Å². The number of carbonyl (C=O) groups is 1. The van der Waals surface area contributed by atoms with E-state index in [1.54, 1.807) is 24.3 Å². The van der Waals surface area contributed by atoms with Gasteiger partial charge in [0.2, 0.25) is 15.9 Å². The van der Waals surface area contributed by atoms with Crippen LogP contribution in [0.25, 0.3) is 0 Å². The first-order valence-electron chi connectivity index (χ1n) is 8.96. The van der Waals surface area contributed by atoms with E-state index >= 15 is 0 Å². The number of benzene rings is 2. The molecule has 2 aromatic rings. The fraction of sp³-hybridized carbons (Fsp3) is 0.350. The van der Waals surface area contributed by atoms with E-state index in [1.165, 1.54) is 11.4 Å². The van der Waals surface area contributed by atoms with Crippen molar-refractivity contribution >= 4 is 15.9 Å². The Morgan fingerprint density at radius 2 is 1.70 bits per heavy atom. The number of ether oxygens (including phenoxy) is 1. The van der Waals surface area contributed by atoms with E-state index in [9.17, 15) is 13.2 Å². The van der Waals surface area contributed by atoms with Crippen molar-refractivity contribution in [2.24, 2.45) is 5.92 Å². The molecule has 0 spiro atoms. The van der Waals surface area contributed by atoms with E-state index in [1.807, 2.05) is 30.3 Å². The Labute approximate surface area is 160 Å². The van der Waals surface area contributed by atoms with E-state index < -0.39 is 10.0 Å². The molecule has 0 bridgehead atoms. The molecule has 3 rings (SSSR count). The number of nitrogens with zero attached hydrogens (tertiary/aromatic N) is 1. The Morgan fingerprint density at radius 1 is 1.07 bits per heavy atom. The minimum Gasteiger partial charge on any atom is -0.497 e. The van der Waals surface area contributed by atoms with Crippen LogP contribution in [-0.4, -0.2) is 38.8 Å². The Hall–Kier alpha value is -2.38. The van der Waals surface area contributed by atoms with Gasteiger partial charge in [-0.1, -0.05) is 30.3 Å². The highest BCUT2D eigenvalue weighted by molar-refractivity contribution is 7.89. The van der Waals surface area contributed by atoms with Crippen LogP contribution < -0.4 is 10.1 Å². The quantitative estimate of drug-likeness (QED) is 0.825. The highest BCUT2D eigenvalue weighted by atomic mass is 32.2. The van der Waals surface area contributed by atoms with Crippen molar-refractivity contribution in [3.8, 4) is 5.75 Å². The van der Waals surface area contributed by atoms with Gasteiger partial charge in [0, 0.05) is 25.6 Å². The molecule has 0 atom stereocenters. The van der Waals surface area contributed by atoms with E-state index in [4.69, 9.17) is 4.74 Å². The SMILES string of the molecule is COc1ccc(S(=O)(=O)N2CCC(C(=O)NCc3ccccc3)CC2)cc1. The van der Waals surface area contributed by atoms with E-state index in [2.05, 4.69) is 5.32 Å². The summed E-state index contributed by atoms with van der Waals surface area (Å²) >= 11 is 0. The van der Waals surface area contributed by atoms with E-state index in [0.29, 0.717) is 38.2 Å². The number of hydrogen-bond donors (Lipinski definition) is 1. The number of piperidine rings is 1. The van der Waals surface area contributed by atoms with Crippen LogP contribution >= 0.6 is 0 Å². The fourth-order valence-electron chi connectivity index (χ4n) is 3.18. The number of sulfonamides is 1. The summed E-state index contributed by atoms with van der Waals surface area (Å²) in [7, 11) is -2.01. The number of methoxy groups -OCH3 is 1. The summed E-state index contributed by atoms with van der Waals surface area (Å²) in [5, 5.41) is 2.95. The predicted octanol–water partition coefficient (Wildman–Crippen LogP) is 2.41. The maximum atomic E-state index is 12.8. The Morgan fingerprint density at radius 3 is 2.30 bits per heavy atom. The molecule has 1 amide bonds. The van der Waals surface area contributed by atoms with Gasteiger partial charge in [-0.25, -0.2) is 8.42 Å². The maximum Gasteiger partial charge on any atom is 0.243 e. The summed E-state index contributed by atoms with van der Waals surface area (Å²) in [4.78, 5) is 12.6. The second kappa shape index (κ2) is 8.54. The molecule has 0 aromatic heterocycles. The zero-order chi connectivity index (χ0) is 19.3. The second-order valence-corrected chi connectivity index (χ2v) is 8.50. The minimum atomic E-state index is -3.55. The minimum absolute atomic E-state index is 0.0136. The molecule has 0 aliphatic carbocycles. The summed E-state index contributed by atoms with van der Waals surface area (Å²) in [6, 6.07) is 16.1. The number of amides is 1. The number of carbonyl (C=O) groups excluding carboxylic acids is 1. The van der Waals surface area contributed by atoms with Gasteiger partial charge in [0.25, 0.3) is 0 Å². The van der Waals surface area contributed by atoms with Crippen LogP contribution in [0.15, 0.2) is 59.5 Å². The molecule has 1 saturated heterocycles. The molecule has 6 nitrogen and oxygen atoms in total. The first kappa shape index (κ1) is 19.4. The molecular formula is C20H24N2O4S. The normalized spacial score (nSPS) is 16.0. The highest BCUT2D eigenvalue weighted by Crippen LogP contribution is 2.25. The Bertz CT molecular complexity index is 859. The lowest BCUT2D eigenvalue weighted by Gasteiger charge is -2.30. The van der Waals surface area contributed by atoms with Crippen LogP contribution in [0.4, 0.5) is 0 Å². The van der Waals surface area contributed by atoms with Crippen LogP contribution in [0.2, 0.25) is 0 Å². The summed E-state index contributed by atoms with van der Waals surface area (Å²) in [5.41, 5.74) is 1.05. The third-order valence-electron chi connectivity index (χ3n) is 4.83. The van der Waals surface area contributed by atoms with Gasteiger partial charge in [-0.3, -0.25) is 4.79 Å². The zero-order valence-corrected chi connectivity index (χ0v) is 16.1. The highest BCUT2D eigenvalue weighted by Gasteiger charge is 2.32. The van der Waals surface area contributed by atoms with Crippen molar-refractivity contribution in [3.05, 3.63) is 60.2 Å². The average molecular weight is 388 g/mol. The molecule has 2 aromatic carbocycles. The zero-order valence-electron chi connectivity index (χ0n) is 15.3. The number of nitrogens with one attached hydrogen (secondary N) is 1. The molecule has 1 aliphatic heterocycles. The third kappa shape index (κ3) is 4.67. The fourth-order valence-corrected chi connectivity index (χ4v) is 4.65. The van der Waals surface area contributed by atoms with Crippen molar-refractivity contribution in [2.45, 2.75) is 24.3 Å². The van der Waals surface area contributed by atoms with Crippen LogP contribution in [0.5, 0.6) is 5.75 Å². The molecule has 7 heteroatoms. The van der Waals surface area contributed by atoms with Crippen molar-refractivity contribution in [2.75, 3.05) is 20.2 Å². The van der Waals surface area contributed by atoms with Gasteiger partial charge < -0.3 is 10.1 Å². The molecule has 0 unspecified atom stereocenters. The molecule has 0 radical (unpaired) electrons. The van der Waals surface area contributed by atoms with Gasteiger partial charge in [0.15, 0.2) is 0 Å². The molecule has 1 heterocycles. The lowest BCUT2D eigenvalue weighted by molar-refractivity contribution is -0.126. The smallest absolute Gasteiger partial charge is 0.243 e. The molecule has 144 valence electrons. The van der Waals surface area contributed by atoms with Gasteiger partial charge in [0.05, 0.1) is 12.0 Å². The largest absolute Gasteiger partial charge is 0.497 e. The number of hydrogen-bond acceptors (Lipinski definition) is 4. The molecule has 1 N–H and O–H groups in total. The average Bonchev–Trinajstić information content (AvgIpc) is 2.73. The van der Waals surface area contributed by atoms with Gasteiger partial charge in [0.1, 0.15) is 5.75 Å². The van der Waals surface area contributed by atoms with E-state index in [0.717, 1.165) is 5.56 Å². The van der Waals surface area contributed by atoms with Crippen LogP contribution in [0, 0.1) is 5.92 Å². The third-order valence-corrected chi connectivity index (χ3v) is 6.74. The molecule has 1 aliphatic rings. The first-order chi connectivity index (χ1) is 13.0. The van der Waals surface area contributed by atoms with Gasteiger partial charge in [-0.2, -0.15) is 4.31 Å². The Kier molecular flexibility index (Phi) is 6.13. The monoisotopic (exact) mass is 388 g/mol. The molecular weight excluding hydrogens is 364 g/mol. The Balaban J connectivity index is 1.55. The standard InChI is InChI=1S/C20H24N2O4S/c1-26-18-7-9-19(10-8-18)27(24,25)22-13-11-17(12-14-22)20(23)21-15-16-5-3-2-4-6-16/h2-10,17H,11-15H2,1H3,(H,21,23). The van der Waals surface area contributed by atoms with Gasteiger partial charge in [-0.15, -0.1) is 0 Å². The second-order valence-electron chi connectivity index (χ2n) is 6.56. The van der Waals surface area contributed by atoms with Crippen LogP contribution in [0.1, 0.15) is 18.4 Å². The lowest BCUT2D eigenvalue weighted by Crippen LogP contribution is -2.42. The summed E-state index contributed by atoms with van der Waals surface area (Å²) in [5.74, 6) is 0.444. The van der Waals surface area contributed by atoms with Crippen LogP contribution in [0.3, 0.4) is 0 Å². The summed E-state index contributed by atoms with van der Waals surface area (Å²) in [6.45, 7) is 1.18. The molecule has 1 fully saturated rings. The first-order valence-corrected chi connectivity index (χ1v) is 10.4. The molecule has 0 saturated carbocycles. The van der Waals surface area contributed by atoms with Gasteiger partial charge >= 0.3 is 0 Å². The molecule has 27 heavy (non-hydrogen) atoms. The summed E-state index contributed by atoms with van der Waals surface area (Å²) < 4.78 is 32.0. The maximum absolute atomic E-state index is 12.8. The van der Waals surface area contributed by atoms with Crippen molar-refractivity contribution < 1.29 is 17.9 Å². The predicted molar refractivity (Wildman–Crippen MR) is 103 cm³/mol. The number of rotatable bonds is 6. The van der Waals surface area contributed by atoms with Crippen molar-refractivity contribution in [3.63, 3.8) is 0 Å². The van der Waals surface area contributed by atoms with Crippen molar-refractivity contribution in [1.82, 2.24) is 9.62 Å². The lowest BCUT2D eigenvalue weighted by atomic mass is 9.97. The summed E-state index contributed by atoms with van der Waals surface area (Å²) in [6.07, 6.45) is 1.05. The van der Waals surface area contributed by atoms with Gasteiger partial charge in [-0.05, 0) is 42.7 Å². The topological polar surface area (TPSA) is 75.7 Å².